The van der Waals surface area contributed by atoms with Crippen molar-refractivity contribution in [1.82, 2.24) is 15.2 Å². The third kappa shape index (κ3) is 4.20. The number of rotatable bonds is 4. The van der Waals surface area contributed by atoms with Crippen molar-refractivity contribution in [2.45, 2.75) is 19.5 Å². The Bertz CT molecular complexity index is 586. The summed E-state index contributed by atoms with van der Waals surface area (Å²) in [6, 6.07) is 11.1. The van der Waals surface area contributed by atoms with E-state index in [1.165, 1.54) is 0 Å². The van der Waals surface area contributed by atoms with Crippen LogP contribution in [-0.4, -0.2) is 23.0 Å². The summed E-state index contributed by atoms with van der Waals surface area (Å²) in [6.07, 6.45) is 3.45. The summed E-state index contributed by atoms with van der Waals surface area (Å²) in [5.74, 6) is 0. The van der Waals surface area contributed by atoms with Gasteiger partial charge in [0.15, 0.2) is 0 Å². The molecule has 0 saturated carbocycles. The second-order valence-electron chi connectivity index (χ2n) is 4.86. The Morgan fingerprint density at radius 2 is 2.05 bits per heavy atom. The number of benzene rings is 1. The van der Waals surface area contributed by atoms with E-state index in [0.29, 0.717) is 11.6 Å². The number of amides is 2. The lowest BCUT2D eigenvalue weighted by atomic mass is 10.1. The molecule has 110 valence electrons. The van der Waals surface area contributed by atoms with Gasteiger partial charge in [-0.3, -0.25) is 4.98 Å². The molecule has 0 spiro atoms. The lowest BCUT2D eigenvalue weighted by Gasteiger charge is -2.25. The van der Waals surface area contributed by atoms with Gasteiger partial charge >= 0.3 is 6.03 Å². The molecule has 2 amide bonds. The standard InChI is InChI=1S/C16H18ClN3O/c1-12(14-5-7-15(17)8-6-14)20(2)16(21)19-11-13-4-3-9-18-10-13/h3-10,12H,11H2,1-2H3,(H,19,21)/t12-/m0/s1. The molecule has 1 aromatic carbocycles. The number of nitrogens with zero attached hydrogens (tertiary/aromatic N) is 2. The Morgan fingerprint density at radius 3 is 2.67 bits per heavy atom. The third-order valence-corrected chi connectivity index (χ3v) is 3.67. The van der Waals surface area contributed by atoms with Gasteiger partial charge < -0.3 is 10.2 Å². The Hall–Kier alpha value is -2.07. The van der Waals surface area contributed by atoms with E-state index in [1.54, 1.807) is 24.3 Å². The van der Waals surface area contributed by atoms with Crippen LogP contribution < -0.4 is 5.32 Å². The van der Waals surface area contributed by atoms with Gasteiger partial charge in [0.1, 0.15) is 0 Å². The first kappa shape index (κ1) is 15.3. The molecule has 4 nitrogen and oxygen atoms in total. The Kier molecular flexibility index (Phi) is 5.17. The molecular weight excluding hydrogens is 286 g/mol. The van der Waals surface area contributed by atoms with Gasteiger partial charge in [-0.2, -0.15) is 0 Å². The van der Waals surface area contributed by atoms with Crippen molar-refractivity contribution in [3.8, 4) is 0 Å². The topological polar surface area (TPSA) is 45.2 Å². The number of aromatic nitrogens is 1. The van der Waals surface area contributed by atoms with Gasteiger partial charge in [0.05, 0.1) is 6.04 Å². The van der Waals surface area contributed by atoms with Gasteiger partial charge in [-0.25, -0.2) is 4.79 Å². The number of urea groups is 1. The average molecular weight is 304 g/mol. The number of pyridine rings is 1. The molecule has 0 unspecified atom stereocenters. The van der Waals surface area contributed by atoms with Crippen LogP contribution in [-0.2, 0) is 6.54 Å². The highest BCUT2D eigenvalue weighted by Crippen LogP contribution is 2.20. The highest BCUT2D eigenvalue weighted by atomic mass is 35.5. The molecule has 1 atom stereocenters. The average Bonchev–Trinajstić information content (AvgIpc) is 2.53. The van der Waals surface area contributed by atoms with Gasteiger partial charge in [-0.1, -0.05) is 29.8 Å². The van der Waals surface area contributed by atoms with Gasteiger partial charge in [-0.15, -0.1) is 0 Å². The summed E-state index contributed by atoms with van der Waals surface area (Å²) in [5, 5.41) is 3.57. The zero-order chi connectivity index (χ0) is 15.2. The SMILES string of the molecule is C[C@@H](c1ccc(Cl)cc1)N(C)C(=O)NCc1cccnc1. The first-order valence-corrected chi connectivity index (χ1v) is 7.11. The van der Waals surface area contributed by atoms with Crippen molar-refractivity contribution in [1.29, 1.82) is 0 Å². The molecule has 1 N–H and O–H groups in total. The minimum absolute atomic E-state index is 0.0313. The van der Waals surface area contributed by atoms with Crippen LogP contribution in [0.4, 0.5) is 4.79 Å². The number of halogens is 1. The highest BCUT2D eigenvalue weighted by Gasteiger charge is 2.16. The van der Waals surface area contributed by atoms with Gasteiger partial charge in [-0.05, 0) is 36.2 Å². The Balaban J connectivity index is 1.94. The molecular formula is C16H18ClN3O. The fraction of sp³-hybridized carbons (Fsp3) is 0.250. The van der Waals surface area contributed by atoms with Crippen LogP contribution in [0, 0.1) is 0 Å². The normalized spacial score (nSPS) is 11.8. The Morgan fingerprint density at radius 1 is 1.33 bits per heavy atom. The molecule has 1 aromatic heterocycles. The molecule has 2 rings (SSSR count). The number of carbonyl (C=O) groups is 1. The van der Waals surface area contributed by atoms with E-state index in [2.05, 4.69) is 10.3 Å². The maximum Gasteiger partial charge on any atom is 0.317 e. The fourth-order valence-electron chi connectivity index (χ4n) is 1.95. The fourth-order valence-corrected chi connectivity index (χ4v) is 2.07. The minimum Gasteiger partial charge on any atom is -0.334 e. The summed E-state index contributed by atoms with van der Waals surface area (Å²) < 4.78 is 0. The van der Waals surface area contributed by atoms with Crippen LogP contribution in [0.25, 0.3) is 0 Å². The van der Waals surface area contributed by atoms with Crippen LogP contribution in [0.5, 0.6) is 0 Å². The zero-order valence-electron chi connectivity index (χ0n) is 12.1. The number of nitrogens with one attached hydrogen (secondary N) is 1. The molecule has 1 heterocycles. The maximum absolute atomic E-state index is 12.2. The summed E-state index contributed by atoms with van der Waals surface area (Å²) in [6.45, 7) is 2.44. The summed E-state index contributed by atoms with van der Waals surface area (Å²) in [4.78, 5) is 17.9. The summed E-state index contributed by atoms with van der Waals surface area (Å²) in [7, 11) is 1.78. The van der Waals surface area contributed by atoms with E-state index in [9.17, 15) is 4.79 Å². The van der Waals surface area contributed by atoms with Crippen molar-refractivity contribution in [2.75, 3.05) is 7.05 Å². The largest absolute Gasteiger partial charge is 0.334 e. The Labute approximate surface area is 129 Å². The predicted octanol–water partition coefficient (Wildman–Crippen LogP) is 3.64. The lowest BCUT2D eigenvalue weighted by Crippen LogP contribution is -2.38. The predicted molar refractivity (Wildman–Crippen MR) is 84.1 cm³/mol. The van der Waals surface area contributed by atoms with Crippen LogP contribution in [0.3, 0.4) is 0 Å². The first-order valence-electron chi connectivity index (χ1n) is 6.73. The number of hydrogen-bond acceptors (Lipinski definition) is 2. The van der Waals surface area contributed by atoms with Crippen molar-refractivity contribution in [3.63, 3.8) is 0 Å². The molecule has 2 aromatic rings. The van der Waals surface area contributed by atoms with E-state index in [1.807, 2.05) is 43.3 Å². The summed E-state index contributed by atoms with van der Waals surface area (Å²) in [5.41, 5.74) is 2.01. The van der Waals surface area contributed by atoms with Gasteiger partial charge in [0.25, 0.3) is 0 Å². The second kappa shape index (κ2) is 7.09. The highest BCUT2D eigenvalue weighted by molar-refractivity contribution is 6.30. The smallest absolute Gasteiger partial charge is 0.317 e. The number of hydrogen-bond donors (Lipinski definition) is 1. The summed E-state index contributed by atoms with van der Waals surface area (Å²) >= 11 is 5.88. The molecule has 0 aliphatic rings. The van der Waals surface area contributed by atoms with Crippen molar-refractivity contribution < 1.29 is 4.79 Å². The molecule has 0 bridgehead atoms. The molecule has 21 heavy (non-hydrogen) atoms. The second-order valence-corrected chi connectivity index (χ2v) is 5.29. The zero-order valence-corrected chi connectivity index (χ0v) is 12.8. The van der Waals surface area contributed by atoms with E-state index in [4.69, 9.17) is 11.6 Å². The van der Waals surface area contributed by atoms with E-state index in [0.717, 1.165) is 11.1 Å². The van der Waals surface area contributed by atoms with Crippen molar-refractivity contribution in [2.24, 2.45) is 0 Å². The molecule has 0 saturated heterocycles. The van der Waals surface area contributed by atoms with Gasteiger partial charge in [0, 0.05) is 31.0 Å². The molecule has 5 heteroatoms. The van der Waals surface area contributed by atoms with Crippen LogP contribution >= 0.6 is 11.6 Å². The minimum atomic E-state index is -0.124. The quantitative estimate of drug-likeness (QED) is 0.937. The van der Waals surface area contributed by atoms with Crippen LogP contribution in [0.2, 0.25) is 5.02 Å². The van der Waals surface area contributed by atoms with E-state index in [-0.39, 0.29) is 12.1 Å². The van der Waals surface area contributed by atoms with E-state index >= 15 is 0 Å². The molecule has 0 radical (unpaired) electrons. The molecule has 0 aliphatic heterocycles. The number of carbonyl (C=O) groups excluding carboxylic acids is 1. The molecule has 0 aliphatic carbocycles. The van der Waals surface area contributed by atoms with Gasteiger partial charge in [0.2, 0.25) is 0 Å². The molecule has 0 fully saturated rings. The van der Waals surface area contributed by atoms with E-state index < -0.39 is 0 Å². The van der Waals surface area contributed by atoms with Crippen LogP contribution in [0.1, 0.15) is 24.1 Å². The van der Waals surface area contributed by atoms with Crippen molar-refractivity contribution in [3.05, 3.63) is 64.9 Å². The van der Waals surface area contributed by atoms with Crippen molar-refractivity contribution >= 4 is 17.6 Å². The first-order chi connectivity index (χ1) is 10.1. The maximum atomic E-state index is 12.2. The van der Waals surface area contributed by atoms with Crippen LogP contribution in [0.15, 0.2) is 48.8 Å². The monoisotopic (exact) mass is 303 g/mol. The third-order valence-electron chi connectivity index (χ3n) is 3.42. The lowest BCUT2D eigenvalue weighted by molar-refractivity contribution is 0.194.